The molecule has 0 atom stereocenters. The number of hydrogen-bond acceptors (Lipinski definition) is 7. The van der Waals surface area contributed by atoms with Gasteiger partial charge in [0.1, 0.15) is 19.2 Å². The Labute approximate surface area is 156 Å². The van der Waals surface area contributed by atoms with Gasteiger partial charge in [-0.2, -0.15) is 9.98 Å². The van der Waals surface area contributed by atoms with E-state index in [1.807, 2.05) is 0 Å². The van der Waals surface area contributed by atoms with E-state index >= 15 is 0 Å². The summed E-state index contributed by atoms with van der Waals surface area (Å²) < 4.78 is 36.1. The van der Waals surface area contributed by atoms with E-state index in [2.05, 4.69) is 9.46 Å². The molecule has 0 aliphatic carbocycles. The summed E-state index contributed by atoms with van der Waals surface area (Å²) in [6.45, 7) is -0.668. The lowest BCUT2D eigenvalue weighted by Gasteiger charge is -2.09. The van der Waals surface area contributed by atoms with E-state index < -0.39 is 28.5 Å². The second kappa shape index (κ2) is 8.93. The highest BCUT2D eigenvalue weighted by molar-refractivity contribution is 7.89. The first kappa shape index (κ1) is 20.1. The van der Waals surface area contributed by atoms with E-state index in [0.29, 0.717) is 11.1 Å². The Kier molecular flexibility index (Phi) is 6.65. The SMILES string of the molecule is COC(=O)c1ccc(COC(=O)CNS(=O)(=O)c2ccccc2C#N)cc1. The van der Waals surface area contributed by atoms with Crippen molar-refractivity contribution < 1.29 is 27.5 Å². The maximum Gasteiger partial charge on any atom is 0.337 e. The number of ether oxygens (including phenoxy) is 2. The van der Waals surface area contributed by atoms with E-state index in [0.717, 1.165) is 0 Å². The van der Waals surface area contributed by atoms with Crippen LogP contribution in [0.5, 0.6) is 0 Å². The number of carbonyl (C=O) groups excluding carboxylic acids is 2. The predicted octanol–water partition coefficient (Wildman–Crippen LogP) is 1.37. The Balaban J connectivity index is 1.91. The molecule has 2 aromatic carbocycles. The zero-order chi connectivity index (χ0) is 19.9. The number of hydrogen-bond donors (Lipinski definition) is 1. The summed E-state index contributed by atoms with van der Waals surface area (Å²) in [7, 11) is -2.75. The molecule has 140 valence electrons. The molecule has 27 heavy (non-hydrogen) atoms. The van der Waals surface area contributed by atoms with Crippen molar-refractivity contribution in [2.75, 3.05) is 13.7 Å². The molecule has 0 heterocycles. The largest absolute Gasteiger partial charge is 0.465 e. The van der Waals surface area contributed by atoms with Crippen LogP contribution in [0.4, 0.5) is 0 Å². The summed E-state index contributed by atoms with van der Waals surface area (Å²) >= 11 is 0. The molecule has 0 radical (unpaired) electrons. The highest BCUT2D eigenvalue weighted by Gasteiger charge is 2.19. The number of rotatable bonds is 7. The van der Waals surface area contributed by atoms with Crippen LogP contribution in [0, 0.1) is 11.3 Å². The van der Waals surface area contributed by atoms with Crippen molar-refractivity contribution in [3.8, 4) is 6.07 Å². The molecule has 0 aliphatic rings. The molecule has 0 fully saturated rings. The van der Waals surface area contributed by atoms with Crippen molar-refractivity contribution in [1.82, 2.24) is 4.72 Å². The van der Waals surface area contributed by atoms with Gasteiger partial charge in [0.15, 0.2) is 0 Å². The zero-order valence-corrected chi connectivity index (χ0v) is 15.2. The standard InChI is InChI=1S/C18H16N2O6S/c1-25-18(22)14-8-6-13(7-9-14)12-26-17(21)11-20-27(23,24)16-5-3-2-4-15(16)10-19/h2-9,20H,11-12H2,1H3. The van der Waals surface area contributed by atoms with Gasteiger partial charge in [-0.15, -0.1) is 0 Å². The molecule has 0 unspecified atom stereocenters. The van der Waals surface area contributed by atoms with Gasteiger partial charge >= 0.3 is 11.9 Å². The summed E-state index contributed by atoms with van der Waals surface area (Å²) in [6, 6.07) is 13.7. The first-order chi connectivity index (χ1) is 12.9. The molecule has 2 aromatic rings. The van der Waals surface area contributed by atoms with E-state index in [9.17, 15) is 18.0 Å². The first-order valence-corrected chi connectivity index (χ1v) is 9.17. The molecule has 0 aromatic heterocycles. The Morgan fingerprint density at radius 1 is 1.11 bits per heavy atom. The molecular weight excluding hydrogens is 372 g/mol. The monoisotopic (exact) mass is 388 g/mol. The predicted molar refractivity (Wildman–Crippen MR) is 93.9 cm³/mol. The Morgan fingerprint density at radius 2 is 1.78 bits per heavy atom. The van der Waals surface area contributed by atoms with Gasteiger partial charge in [-0.3, -0.25) is 4.79 Å². The van der Waals surface area contributed by atoms with Gasteiger partial charge in [-0.25, -0.2) is 13.2 Å². The minimum Gasteiger partial charge on any atom is -0.465 e. The molecule has 2 rings (SSSR count). The molecule has 0 saturated heterocycles. The minimum absolute atomic E-state index is 0.0240. The van der Waals surface area contributed by atoms with Crippen LogP contribution in [0.3, 0.4) is 0 Å². The number of nitriles is 1. The average Bonchev–Trinajstić information content (AvgIpc) is 2.70. The van der Waals surface area contributed by atoms with Crippen LogP contribution in [0.1, 0.15) is 21.5 Å². The van der Waals surface area contributed by atoms with Gasteiger partial charge in [-0.05, 0) is 29.8 Å². The summed E-state index contributed by atoms with van der Waals surface area (Å²) in [5.74, 6) is -1.27. The van der Waals surface area contributed by atoms with Crippen LogP contribution in [0.15, 0.2) is 53.4 Å². The summed E-state index contributed by atoms with van der Waals surface area (Å²) in [4.78, 5) is 22.9. The number of carbonyl (C=O) groups is 2. The lowest BCUT2D eigenvalue weighted by Crippen LogP contribution is -2.31. The maximum atomic E-state index is 12.2. The molecule has 8 nitrogen and oxygen atoms in total. The van der Waals surface area contributed by atoms with Gasteiger partial charge < -0.3 is 9.47 Å². The van der Waals surface area contributed by atoms with Gasteiger partial charge in [-0.1, -0.05) is 24.3 Å². The van der Waals surface area contributed by atoms with E-state index in [1.165, 1.54) is 43.5 Å². The second-order valence-electron chi connectivity index (χ2n) is 5.28. The minimum atomic E-state index is -4.02. The molecule has 0 spiro atoms. The average molecular weight is 388 g/mol. The first-order valence-electron chi connectivity index (χ1n) is 7.69. The second-order valence-corrected chi connectivity index (χ2v) is 7.02. The smallest absolute Gasteiger partial charge is 0.337 e. The Bertz CT molecular complexity index is 978. The molecule has 0 aliphatic heterocycles. The lowest BCUT2D eigenvalue weighted by atomic mass is 10.1. The highest BCUT2D eigenvalue weighted by atomic mass is 32.2. The normalized spacial score (nSPS) is 10.7. The molecule has 1 N–H and O–H groups in total. The van der Waals surface area contributed by atoms with E-state index in [4.69, 9.17) is 10.00 Å². The van der Waals surface area contributed by atoms with E-state index in [1.54, 1.807) is 18.2 Å². The van der Waals surface area contributed by atoms with Crippen LogP contribution in [-0.4, -0.2) is 34.0 Å². The van der Waals surface area contributed by atoms with Crippen molar-refractivity contribution in [3.63, 3.8) is 0 Å². The number of nitrogens with zero attached hydrogens (tertiary/aromatic N) is 1. The van der Waals surface area contributed by atoms with Crippen LogP contribution >= 0.6 is 0 Å². The third-order valence-corrected chi connectivity index (χ3v) is 4.94. The third kappa shape index (κ3) is 5.37. The van der Waals surface area contributed by atoms with Crippen LogP contribution < -0.4 is 4.72 Å². The van der Waals surface area contributed by atoms with Gasteiger partial charge in [0.2, 0.25) is 10.0 Å². The fourth-order valence-corrected chi connectivity index (χ4v) is 3.22. The molecule has 9 heteroatoms. The van der Waals surface area contributed by atoms with Gasteiger partial charge in [0, 0.05) is 0 Å². The van der Waals surface area contributed by atoms with Crippen LogP contribution in [0.25, 0.3) is 0 Å². The number of esters is 2. The van der Waals surface area contributed by atoms with Crippen LogP contribution in [-0.2, 0) is 30.9 Å². The van der Waals surface area contributed by atoms with E-state index in [-0.39, 0.29) is 17.1 Å². The lowest BCUT2D eigenvalue weighted by molar-refractivity contribution is -0.143. The van der Waals surface area contributed by atoms with Gasteiger partial charge in [0.05, 0.1) is 23.1 Å². The number of methoxy groups -OCH3 is 1. The fraction of sp³-hybridized carbons (Fsp3) is 0.167. The summed E-state index contributed by atoms with van der Waals surface area (Å²) in [5, 5.41) is 8.98. The van der Waals surface area contributed by atoms with Gasteiger partial charge in [0.25, 0.3) is 0 Å². The molecule has 0 amide bonds. The fourth-order valence-electron chi connectivity index (χ4n) is 2.09. The zero-order valence-electron chi connectivity index (χ0n) is 14.3. The van der Waals surface area contributed by atoms with Crippen molar-refractivity contribution in [2.45, 2.75) is 11.5 Å². The summed E-state index contributed by atoms with van der Waals surface area (Å²) in [6.07, 6.45) is 0. The molecule has 0 bridgehead atoms. The Morgan fingerprint density at radius 3 is 2.41 bits per heavy atom. The van der Waals surface area contributed by atoms with Crippen molar-refractivity contribution >= 4 is 22.0 Å². The molecular formula is C18H16N2O6S. The maximum absolute atomic E-state index is 12.2. The highest BCUT2D eigenvalue weighted by Crippen LogP contribution is 2.14. The van der Waals surface area contributed by atoms with Crippen LogP contribution in [0.2, 0.25) is 0 Å². The number of benzene rings is 2. The topological polar surface area (TPSA) is 123 Å². The number of sulfonamides is 1. The quantitative estimate of drug-likeness (QED) is 0.711. The number of nitrogens with one attached hydrogen (secondary N) is 1. The van der Waals surface area contributed by atoms with Crippen molar-refractivity contribution in [3.05, 3.63) is 65.2 Å². The third-order valence-electron chi connectivity index (χ3n) is 3.48. The van der Waals surface area contributed by atoms with Crippen molar-refractivity contribution in [1.29, 1.82) is 5.26 Å². The Hall–Kier alpha value is -3.22. The molecule has 0 saturated carbocycles. The van der Waals surface area contributed by atoms with Crippen molar-refractivity contribution in [2.24, 2.45) is 0 Å². The summed E-state index contributed by atoms with van der Waals surface area (Å²) in [5.41, 5.74) is 0.953.